The van der Waals surface area contributed by atoms with Crippen molar-refractivity contribution in [3.05, 3.63) is 41.6 Å². The molecule has 5 nitrogen and oxygen atoms in total. The molecule has 1 aromatic carbocycles. The van der Waals surface area contributed by atoms with E-state index in [2.05, 4.69) is 29.6 Å². The van der Waals surface area contributed by atoms with Crippen LogP contribution in [0.3, 0.4) is 0 Å². The number of benzene rings is 1. The highest BCUT2D eigenvalue weighted by molar-refractivity contribution is 5.99. The topological polar surface area (TPSA) is 59.0 Å². The van der Waals surface area contributed by atoms with E-state index in [0.717, 1.165) is 30.0 Å². The zero-order valence-electron chi connectivity index (χ0n) is 14.7. The Labute approximate surface area is 143 Å². The Balaban J connectivity index is 1.66. The quantitative estimate of drug-likeness (QED) is 0.823. The summed E-state index contributed by atoms with van der Waals surface area (Å²) in [6.45, 7) is 6.27. The van der Waals surface area contributed by atoms with Crippen LogP contribution in [-0.2, 0) is 0 Å². The number of carbonyl (C=O) groups excluding carboxylic acids is 1. The normalized spacial score (nSPS) is 15.0. The van der Waals surface area contributed by atoms with Crippen LogP contribution in [0, 0.1) is 6.92 Å². The van der Waals surface area contributed by atoms with E-state index >= 15 is 0 Å². The third kappa shape index (κ3) is 3.78. The van der Waals surface area contributed by atoms with Gasteiger partial charge in [0, 0.05) is 11.8 Å². The molecular formula is C19H26N4O. The Morgan fingerprint density at radius 3 is 2.46 bits per heavy atom. The lowest BCUT2D eigenvalue weighted by molar-refractivity contribution is 0.262. The summed E-state index contributed by atoms with van der Waals surface area (Å²) in [7, 11) is 0. The van der Waals surface area contributed by atoms with E-state index in [1.807, 2.05) is 41.9 Å². The highest BCUT2D eigenvalue weighted by Gasteiger charge is 2.21. The van der Waals surface area contributed by atoms with E-state index in [1.54, 1.807) is 0 Å². The molecule has 2 N–H and O–H groups in total. The van der Waals surface area contributed by atoms with Gasteiger partial charge < -0.3 is 5.32 Å². The molecule has 1 aliphatic rings. The van der Waals surface area contributed by atoms with Crippen molar-refractivity contribution in [3.8, 4) is 0 Å². The van der Waals surface area contributed by atoms with Gasteiger partial charge in [0.15, 0.2) is 0 Å². The molecular weight excluding hydrogens is 300 g/mol. The number of nitrogens with one attached hydrogen (secondary N) is 2. The first kappa shape index (κ1) is 16.6. The SMILES string of the molecule is Cc1cc(NC(=O)Nc2ccc(C(C)C)cc2)n(C2CCCC2)n1. The molecule has 3 rings (SSSR count). The largest absolute Gasteiger partial charge is 0.324 e. The molecule has 0 saturated heterocycles. The van der Waals surface area contributed by atoms with E-state index in [1.165, 1.54) is 18.4 Å². The molecule has 2 amide bonds. The number of aryl methyl sites for hydroxylation is 1. The highest BCUT2D eigenvalue weighted by Crippen LogP contribution is 2.31. The molecule has 0 aliphatic heterocycles. The minimum Gasteiger partial charge on any atom is -0.308 e. The van der Waals surface area contributed by atoms with Gasteiger partial charge in [-0.1, -0.05) is 38.8 Å². The molecule has 2 aromatic rings. The zero-order chi connectivity index (χ0) is 17.1. The Kier molecular flexibility index (Phi) is 4.88. The van der Waals surface area contributed by atoms with Crippen molar-refractivity contribution in [1.82, 2.24) is 9.78 Å². The lowest BCUT2D eigenvalue weighted by Crippen LogP contribution is -2.22. The average molecular weight is 326 g/mol. The monoisotopic (exact) mass is 326 g/mol. The van der Waals surface area contributed by atoms with Crippen LogP contribution in [0.25, 0.3) is 0 Å². The van der Waals surface area contributed by atoms with Gasteiger partial charge in [-0.2, -0.15) is 5.10 Å². The molecule has 1 saturated carbocycles. The minimum atomic E-state index is -0.230. The lowest BCUT2D eigenvalue weighted by atomic mass is 10.0. The summed E-state index contributed by atoms with van der Waals surface area (Å²) in [6, 6.07) is 10.1. The fourth-order valence-corrected chi connectivity index (χ4v) is 3.27. The van der Waals surface area contributed by atoms with Gasteiger partial charge in [-0.3, -0.25) is 5.32 Å². The predicted octanol–water partition coefficient (Wildman–Crippen LogP) is 5.07. The van der Waals surface area contributed by atoms with Crippen LogP contribution in [-0.4, -0.2) is 15.8 Å². The summed E-state index contributed by atoms with van der Waals surface area (Å²) in [5.74, 6) is 1.26. The van der Waals surface area contributed by atoms with Crippen LogP contribution >= 0.6 is 0 Å². The number of urea groups is 1. The van der Waals surface area contributed by atoms with Gasteiger partial charge in [-0.05, 0) is 43.4 Å². The van der Waals surface area contributed by atoms with Crippen molar-refractivity contribution < 1.29 is 4.79 Å². The predicted molar refractivity (Wildman–Crippen MR) is 97.6 cm³/mol. The van der Waals surface area contributed by atoms with E-state index in [0.29, 0.717) is 12.0 Å². The second kappa shape index (κ2) is 7.07. The summed E-state index contributed by atoms with van der Waals surface area (Å²) < 4.78 is 1.98. The molecule has 0 atom stereocenters. The summed E-state index contributed by atoms with van der Waals surface area (Å²) >= 11 is 0. The third-order valence-corrected chi connectivity index (χ3v) is 4.61. The number of anilines is 2. The molecule has 0 bridgehead atoms. The maximum Gasteiger partial charge on any atom is 0.324 e. The minimum absolute atomic E-state index is 0.230. The van der Waals surface area contributed by atoms with Crippen molar-refractivity contribution in [1.29, 1.82) is 0 Å². The summed E-state index contributed by atoms with van der Waals surface area (Å²) in [6.07, 6.45) is 4.73. The second-order valence-corrected chi connectivity index (χ2v) is 6.91. The smallest absolute Gasteiger partial charge is 0.308 e. The van der Waals surface area contributed by atoms with E-state index < -0.39 is 0 Å². The van der Waals surface area contributed by atoms with Crippen LogP contribution < -0.4 is 10.6 Å². The van der Waals surface area contributed by atoms with Crippen LogP contribution in [0.1, 0.15) is 62.7 Å². The first-order chi connectivity index (χ1) is 11.5. The number of carbonyl (C=O) groups is 1. The molecule has 1 aromatic heterocycles. The Morgan fingerprint density at radius 2 is 1.83 bits per heavy atom. The highest BCUT2D eigenvalue weighted by atomic mass is 16.2. The van der Waals surface area contributed by atoms with Gasteiger partial charge in [-0.25, -0.2) is 9.48 Å². The molecule has 1 aliphatic carbocycles. The molecule has 128 valence electrons. The van der Waals surface area contributed by atoms with Gasteiger partial charge >= 0.3 is 6.03 Å². The molecule has 24 heavy (non-hydrogen) atoms. The molecule has 1 heterocycles. The number of hydrogen-bond donors (Lipinski definition) is 2. The molecule has 5 heteroatoms. The average Bonchev–Trinajstić information content (AvgIpc) is 3.17. The van der Waals surface area contributed by atoms with Crippen molar-refractivity contribution >= 4 is 17.5 Å². The van der Waals surface area contributed by atoms with Gasteiger partial charge in [0.1, 0.15) is 5.82 Å². The van der Waals surface area contributed by atoms with E-state index in [9.17, 15) is 4.79 Å². The van der Waals surface area contributed by atoms with Gasteiger partial charge in [0.25, 0.3) is 0 Å². The number of rotatable bonds is 4. The lowest BCUT2D eigenvalue weighted by Gasteiger charge is -2.15. The maximum atomic E-state index is 12.3. The maximum absolute atomic E-state index is 12.3. The number of amides is 2. The van der Waals surface area contributed by atoms with Crippen LogP contribution in [0.2, 0.25) is 0 Å². The van der Waals surface area contributed by atoms with Crippen molar-refractivity contribution in [3.63, 3.8) is 0 Å². The summed E-state index contributed by atoms with van der Waals surface area (Å²) in [5, 5.41) is 10.4. The van der Waals surface area contributed by atoms with Crippen molar-refractivity contribution in [2.24, 2.45) is 0 Å². The van der Waals surface area contributed by atoms with Crippen LogP contribution in [0.15, 0.2) is 30.3 Å². The zero-order valence-corrected chi connectivity index (χ0v) is 14.7. The van der Waals surface area contributed by atoms with Crippen LogP contribution in [0.5, 0.6) is 0 Å². The first-order valence-corrected chi connectivity index (χ1v) is 8.77. The third-order valence-electron chi connectivity index (χ3n) is 4.61. The first-order valence-electron chi connectivity index (χ1n) is 8.77. The number of nitrogens with zero attached hydrogens (tertiary/aromatic N) is 2. The summed E-state index contributed by atoms with van der Waals surface area (Å²) in [5.41, 5.74) is 2.98. The Hall–Kier alpha value is -2.30. The van der Waals surface area contributed by atoms with E-state index in [4.69, 9.17) is 0 Å². The van der Waals surface area contributed by atoms with E-state index in [-0.39, 0.29) is 6.03 Å². The standard InChI is InChI=1S/C19H26N4O/c1-13(2)15-8-10-16(11-9-15)20-19(24)21-18-12-14(3)22-23(18)17-6-4-5-7-17/h8-13,17H,4-7H2,1-3H3,(H2,20,21,24). The van der Waals surface area contributed by atoms with Crippen LogP contribution in [0.4, 0.5) is 16.3 Å². The molecule has 1 fully saturated rings. The fraction of sp³-hybridized carbons (Fsp3) is 0.474. The van der Waals surface area contributed by atoms with Gasteiger partial charge in [0.2, 0.25) is 0 Å². The number of aromatic nitrogens is 2. The number of hydrogen-bond acceptors (Lipinski definition) is 2. The van der Waals surface area contributed by atoms with Gasteiger partial charge in [-0.15, -0.1) is 0 Å². The van der Waals surface area contributed by atoms with Crippen molar-refractivity contribution in [2.75, 3.05) is 10.6 Å². The Bertz CT molecular complexity index is 697. The fourth-order valence-electron chi connectivity index (χ4n) is 3.27. The van der Waals surface area contributed by atoms with Gasteiger partial charge in [0.05, 0.1) is 11.7 Å². The molecule has 0 unspecified atom stereocenters. The molecule has 0 radical (unpaired) electrons. The second-order valence-electron chi connectivity index (χ2n) is 6.91. The Morgan fingerprint density at radius 1 is 1.17 bits per heavy atom. The van der Waals surface area contributed by atoms with Crippen molar-refractivity contribution in [2.45, 2.75) is 58.4 Å². The summed E-state index contributed by atoms with van der Waals surface area (Å²) in [4.78, 5) is 12.3. The molecule has 0 spiro atoms.